The van der Waals surface area contributed by atoms with Crippen LogP contribution in [0, 0.1) is 0 Å². The SMILES string of the molecule is NC(=O)c1ccccc1.O[B]O. The third-order valence-electron chi connectivity index (χ3n) is 1.06. The molecule has 0 aliphatic carbocycles. The standard InChI is InChI=1S/C7H7NO.BH2O2/c8-7(9)6-4-2-1-3-5-6;2-1-3/h1-5H,(H2,8,9);2-3H. The van der Waals surface area contributed by atoms with Crippen molar-refractivity contribution in [1.29, 1.82) is 0 Å². The Morgan fingerprint density at radius 3 is 1.92 bits per heavy atom. The van der Waals surface area contributed by atoms with Gasteiger partial charge in [-0.3, -0.25) is 4.79 Å². The molecule has 12 heavy (non-hydrogen) atoms. The quantitative estimate of drug-likeness (QED) is 0.482. The Balaban J connectivity index is 0.000000354. The Bertz CT molecular complexity index is 227. The van der Waals surface area contributed by atoms with Gasteiger partial charge in [-0.1, -0.05) is 18.2 Å². The topological polar surface area (TPSA) is 83.6 Å². The molecular formula is C7H9BNO3. The Morgan fingerprint density at radius 1 is 1.25 bits per heavy atom. The molecule has 1 amide bonds. The number of benzene rings is 1. The lowest BCUT2D eigenvalue weighted by atomic mass is 10.2. The van der Waals surface area contributed by atoms with Crippen molar-refractivity contribution in [2.75, 3.05) is 0 Å². The minimum absolute atomic E-state index is 0. The fourth-order valence-electron chi connectivity index (χ4n) is 0.602. The van der Waals surface area contributed by atoms with Crippen LogP contribution in [0.4, 0.5) is 0 Å². The summed E-state index contributed by atoms with van der Waals surface area (Å²) in [6, 6.07) is 8.76. The summed E-state index contributed by atoms with van der Waals surface area (Å²) in [5.74, 6) is -0.379. The minimum atomic E-state index is -0.379. The van der Waals surface area contributed by atoms with E-state index in [2.05, 4.69) is 0 Å². The van der Waals surface area contributed by atoms with Crippen molar-refractivity contribution >= 4 is 13.6 Å². The van der Waals surface area contributed by atoms with E-state index >= 15 is 0 Å². The molecule has 4 N–H and O–H groups in total. The number of rotatable bonds is 1. The van der Waals surface area contributed by atoms with Crippen molar-refractivity contribution in [2.24, 2.45) is 5.73 Å². The maximum atomic E-state index is 10.4. The summed E-state index contributed by atoms with van der Waals surface area (Å²) in [6.45, 7) is 0. The molecule has 0 saturated carbocycles. The number of amides is 1. The van der Waals surface area contributed by atoms with Crippen LogP contribution in [0.5, 0.6) is 0 Å². The molecule has 0 atom stereocenters. The molecule has 0 heterocycles. The maximum absolute atomic E-state index is 10.4. The Labute approximate surface area is 70.9 Å². The predicted molar refractivity (Wildman–Crippen MR) is 45.2 cm³/mol. The van der Waals surface area contributed by atoms with Gasteiger partial charge in [0.15, 0.2) is 0 Å². The second kappa shape index (κ2) is 6.39. The number of carbonyl (C=O) groups excluding carboxylic acids is 1. The van der Waals surface area contributed by atoms with Gasteiger partial charge >= 0.3 is 7.69 Å². The van der Waals surface area contributed by atoms with Gasteiger partial charge in [-0.25, -0.2) is 0 Å². The van der Waals surface area contributed by atoms with E-state index < -0.39 is 0 Å². The second-order valence-electron chi connectivity index (χ2n) is 1.85. The highest BCUT2D eigenvalue weighted by atomic mass is 16.4. The van der Waals surface area contributed by atoms with Crippen molar-refractivity contribution in [3.05, 3.63) is 35.9 Å². The van der Waals surface area contributed by atoms with E-state index in [1.54, 1.807) is 24.3 Å². The molecule has 0 bridgehead atoms. The third-order valence-corrected chi connectivity index (χ3v) is 1.06. The zero-order valence-electron chi connectivity index (χ0n) is 6.34. The van der Waals surface area contributed by atoms with Crippen LogP contribution in [0.2, 0.25) is 0 Å². The first-order chi connectivity index (χ1) is 5.72. The van der Waals surface area contributed by atoms with Crippen LogP contribution in [0.25, 0.3) is 0 Å². The van der Waals surface area contributed by atoms with Crippen LogP contribution in [0.3, 0.4) is 0 Å². The molecule has 0 unspecified atom stereocenters. The van der Waals surface area contributed by atoms with Crippen LogP contribution >= 0.6 is 0 Å². The van der Waals surface area contributed by atoms with Crippen molar-refractivity contribution in [3.8, 4) is 0 Å². The maximum Gasteiger partial charge on any atom is 0.482 e. The molecule has 1 rings (SSSR count). The largest absolute Gasteiger partial charge is 0.482 e. The van der Waals surface area contributed by atoms with E-state index in [4.69, 9.17) is 15.8 Å². The molecule has 0 aliphatic rings. The van der Waals surface area contributed by atoms with E-state index in [0.29, 0.717) is 5.56 Å². The average Bonchev–Trinajstić information content (AvgIpc) is 2.07. The van der Waals surface area contributed by atoms with Crippen LogP contribution in [0.15, 0.2) is 30.3 Å². The van der Waals surface area contributed by atoms with Crippen molar-refractivity contribution in [3.63, 3.8) is 0 Å². The number of nitrogens with two attached hydrogens (primary N) is 1. The summed E-state index contributed by atoms with van der Waals surface area (Å²) in [5, 5.41) is 14.0. The van der Waals surface area contributed by atoms with Gasteiger partial charge in [-0.15, -0.1) is 0 Å². The normalized spacial score (nSPS) is 7.83. The molecule has 0 aliphatic heterocycles. The summed E-state index contributed by atoms with van der Waals surface area (Å²) in [4.78, 5) is 10.4. The fraction of sp³-hybridized carbons (Fsp3) is 0. The highest BCUT2D eigenvalue weighted by molar-refractivity contribution is 6.13. The Kier molecular flexibility index (Phi) is 5.68. The average molecular weight is 166 g/mol. The zero-order valence-corrected chi connectivity index (χ0v) is 6.34. The predicted octanol–water partition coefficient (Wildman–Crippen LogP) is -0.709. The summed E-state index contributed by atoms with van der Waals surface area (Å²) in [6.07, 6.45) is 0. The summed E-state index contributed by atoms with van der Waals surface area (Å²) >= 11 is 0. The molecule has 0 saturated heterocycles. The van der Waals surface area contributed by atoms with Gasteiger partial charge < -0.3 is 15.8 Å². The first kappa shape index (κ1) is 10.7. The molecule has 63 valence electrons. The lowest BCUT2D eigenvalue weighted by Gasteiger charge is -1.89. The van der Waals surface area contributed by atoms with Gasteiger partial charge in [0, 0.05) is 5.56 Å². The monoisotopic (exact) mass is 166 g/mol. The van der Waals surface area contributed by atoms with Gasteiger partial charge in [0.2, 0.25) is 5.91 Å². The van der Waals surface area contributed by atoms with E-state index in [-0.39, 0.29) is 13.6 Å². The number of primary amides is 1. The van der Waals surface area contributed by atoms with Crippen LogP contribution < -0.4 is 5.73 Å². The molecule has 0 aromatic heterocycles. The number of carbonyl (C=O) groups is 1. The lowest BCUT2D eigenvalue weighted by Crippen LogP contribution is -2.09. The highest BCUT2D eigenvalue weighted by Gasteiger charge is 1.93. The number of hydrogen-bond donors (Lipinski definition) is 3. The van der Waals surface area contributed by atoms with Crippen LogP contribution in [0.1, 0.15) is 10.4 Å². The van der Waals surface area contributed by atoms with E-state index in [9.17, 15) is 4.79 Å². The first-order valence-corrected chi connectivity index (χ1v) is 3.17. The van der Waals surface area contributed by atoms with Crippen LogP contribution in [-0.2, 0) is 0 Å². The molecule has 1 aromatic carbocycles. The molecule has 1 aromatic rings. The molecule has 0 spiro atoms. The first-order valence-electron chi connectivity index (χ1n) is 3.17. The van der Waals surface area contributed by atoms with Crippen molar-refractivity contribution < 1.29 is 14.8 Å². The zero-order chi connectivity index (χ0) is 9.40. The second-order valence-corrected chi connectivity index (χ2v) is 1.85. The van der Waals surface area contributed by atoms with Crippen molar-refractivity contribution in [1.82, 2.24) is 0 Å². The van der Waals surface area contributed by atoms with Gasteiger partial charge in [0.1, 0.15) is 0 Å². The van der Waals surface area contributed by atoms with Gasteiger partial charge in [0.05, 0.1) is 0 Å². The third kappa shape index (κ3) is 4.48. The molecule has 5 heteroatoms. The van der Waals surface area contributed by atoms with Gasteiger partial charge in [-0.2, -0.15) is 0 Å². The lowest BCUT2D eigenvalue weighted by molar-refractivity contribution is 0.100. The summed E-state index contributed by atoms with van der Waals surface area (Å²) < 4.78 is 0. The Morgan fingerprint density at radius 2 is 1.67 bits per heavy atom. The fourth-order valence-corrected chi connectivity index (χ4v) is 0.602. The Hall–Kier alpha value is -1.33. The van der Waals surface area contributed by atoms with Crippen molar-refractivity contribution in [2.45, 2.75) is 0 Å². The van der Waals surface area contributed by atoms with E-state index in [1.807, 2.05) is 6.07 Å². The van der Waals surface area contributed by atoms with Gasteiger partial charge in [0.25, 0.3) is 0 Å². The van der Waals surface area contributed by atoms with Gasteiger partial charge in [-0.05, 0) is 12.1 Å². The summed E-state index contributed by atoms with van der Waals surface area (Å²) in [5.41, 5.74) is 5.53. The molecular weight excluding hydrogens is 157 g/mol. The highest BCUT2D eigenvalue weighted by Crippen LogP contribution is 1.94. The molecule has 4 nitrogen and oxygen atoms in total. The minimum Gasteiger partial charge on any atom is -0.429 e. The van der Waals surface area contributed by atoms with E-state index in [1.165, 1.54) is 0 Å². The van der Waals surface area contributed by atoms with Crippen LogP contribution in [-0.4, -0.2) is 23.6 Å². The molecule has 0 fully saturated rings. The smallest absolute Gasteiger partial charge is 0.429 e. The van der Waals surface area contributed by atoms with E-state index in [0.717, 1.165) is 0 Å². The molecule has 1 radical (unpaired) electrons. The number of hydrogen-bond acceptors (Lipinski definition) is 3. The summed E-state index contributed by atoms with van der Waals surface area (Å²) in [7, 11) is 0.